The number of nitrogens with one attached hydrogen (secondary N) is 1. The van der Waals surface area contributed by atoms with Gasteiger partial charge in [-0.25, -0.2) is 0 Å². The molecule has 27 heavy (non-hydrogen) atoms. The van der Waals surface area contributed by atoms with Crippen molar-refractivity contribution in [3.05, 3.63) is 71.3 Å². The highest BCUT2D eigenvalue weighted by Crippen LogP contribution is 2.13. The van der Waals surface area contributed by atoms with Crippen molar-refractivity contribution in [2.45, 2.75) is 46.7 Å². The van der Waals surface area contributed by atoms with Crippen molar-refractivity contribution in [3.63, 3.8) is 0 Å². The molecule has 0 saturated carbocycles. The molecule has 144 valence electrons. The van der Waals surface area contributed by atoms with Gasteiger partial charge in [-0.05, 0) is 30.9 Å². The predicted octanol–water partition coefficient (Wildman–Crippen LogP) is 3.73. The van der Waals surface area contributed by atoms with Crippen LogP contribution in [0.25, 0.3) is 0 Å². The molecule has 0 unspecified atom stereocenters. The largest absolute Gasteiger partial charge is 0.354 e. The standard InChI is InChI=1S/C23H30N2O2/c1-17(2)15-24-23(27)19(4)25(16-21-8-6-5-7-9-21)22(26)14-20-12-10-18(3)11-13-20/h5-13,17,19H,14-16H2,1-4H3,(H,24,27)/t19-/m1/s1. The number of carbonyl (C=O) groups is 2. The van der Waals surface area contributed by atoms with Crippen molar-refractivity contribution >= 4 is 11.8 Å². The maximum Gasteiger partial charge on any atom is 0.242 e. The van der Waals surface area contributed by atoms with Crippen molar-refractivity contribution in [1.82, 2.24) is 10.2 Å². The second kappa shape index (κ2) is 9.91. The lowest BCUT2D eigenvalue weighted by molar-refractivity contribution is -0.140. The Kier molecular flexibility index (Phi) is 7.59. The third kappa shape index (κ3) is 6.55. The van der Waals surface area contributed by atoms with Gasteiger partial charge in [0.05, 0.1) is 6.42 Å². The minimum atomic E-state index is -0.526. The Bertz CT molecular complexity index is 739. The molecule has 0 aliphatic carbocycles. The van der Waals surface area contributed by atoms with Crippen LogP contribution in [0.1, 0.15) is 37.5 Å². The molecular weight excluding hydrogens is 336 g/mol. The smallest absolute Gasteiger partial charge is 0.242 e. The summed E-state index contributed by atoms with van der Waals surface area (Å²) >= 11 is 0. The van der Waals surface area contributed by atoms with E-state index in [0.717, 1.165) is 16.7 Å². The van der Waals surface area contributed by atoms with Crippen LogP contribution >= 0.6 is 0 Å². The molecule has 2 rings (SSSR count). The molecule has 0 fully saturated rings. The molecule has 2 amide bonds. The monoisotopic (exact) mass is 366 g/mol. The first-order valence-corrected chi connectivity index (χ1v) is 9.53. The summed E-state index contributed by atoms with van der Waals surface area (Å²) in [6.45, 7) is 8.95. The minimum absolute atomic E-state index is 0.0464. The Morgan fingerprint density at radius 1 is 0.926 bits per heavy atom. The van der Waals surface area contributed by atoms with E-state index in [2.05, 4.69) is 19.2 Å². The van der Waals surface area contributed by atoms with Crippen molar-refractivity contribution in [1.29, 1.82) is 0 Å². The molecule has 0 aromatic heterocycles. The molecule has 0 bridgehead atoms. The van der Waals surface area contributed by atoms with E-state index in [1.807, 2.05) is 61.5 Å². The third-order valence-electron chi connectivity index (χ3n) is 4.52. The van der Waals surface area contributed by atoms with E-state index in [4.69, 9.17) is 0 Å². The van der Waals surface area contributed by atoms with Crippen LogP contribution in [-0.2, 0) is 22.6 Å². The van der Waals surface area contributed by atoms with Crippen LogP contribution in [0.2, 0.25) is 0 Å². The Labute approximate surface area is 162 Å². The highest BCUT2D eigenvalue weighted by molar-refractivity contribution is 5.88. The van der Waals surface area contributed by atoms with Gasteiger partial charge in [0.15, 0.2) is 0 Å². The molecule has 4 nitrogen and oxygen atoms in total. The Morgan fingerprint density at radius 3 is 2.15 bits per heavy atom. The molecule has 0 heterocycles. The summed E-state index contributed by atoms with van der Waals surface area (Å²) in [5.41, 5.74) is 3.13. The van der Waals surface area contributed by atoms with Crippen LogP contribution in [0.15, 0.2) is 54.6 Å². The van der Waals surface area contributed by atoms with Gasteiger partial charge in [0.2, 0.25) is 11.8 Å². The van der Waals surface area contributed by atoms with Gasteiger partial charge in [-0.15, -0.1) is 0 Å². The van der Waals surface area contributed by atoms with Crippen molar-refractivity contribution in [3.8, 4) is 0 Å². The summed E-state index contributed by atoms with van der Waals surface area (Å²) in [5, 5.41) is 2.94. The zero-order valence-corrected chi connectivity index (χ0v) is 16.7. The van der Waals surface area contributed by atoms with Crippen LogP contribution in [0.4, 0.5) is 0 Å². The summed E-state index contributed by atoms with van der Waals surface area (Å²) in [5.74, 6) is 0.207. The number of carbonyl (C=O) groups excluding carboxylic acids is 2. The maximum absolute atomic E-state index is 13.0. The number of hydrogen-bond acceptors (Lipinski definition) is 2. The number of hydrogen-bond donors (Lipinski definition) is 1. The molecule has 1 atom stereocenters. The molecule has 2 aromatic carbocycles. The second-order valence-corrected chi connectivity index (χ2v) is 7.48. The summed E-state index contributed by atoms with van der Waals surface area (Å²) in [6.07, 6.45) is 0.287. The van der Waals surface area contributed by atoms with Gasteiger partial charge in [-0.2, -0.15) is 0 Å². The van der Waals surface area contributed by atoms with Gasteiger partial charge in [-0.1, -0.05) is 74.0 Å². The first-order chi connectivity index (χ1) is 12.9. The fourth-order valence-corrected chi connectivity index (χ4v) is 2.80. The first kappa shape index (κ1) is 20.7. The Balaban J connectivity index is 2.15. The lowest BCUT2D eigenvalue weighted by Gasteiger charge is -2.29. The molecule has 4 heteroatoms. The van der Waals surface area contributed by atoms with Crippen LogP contribution in [0.5, 0.6) is 0 Å². The summed E-state index contributed by atoms with van der Waals surface area (Å²) in [4.78, 5) is 27.3. The van der Waals surface area contributed by atoms with E-state index in [-0.39, 0.29) is 18.2 Å². The quantitative estimate of drug-likeness (QED) is 0.774. The average Bonchev–Trinajstić information content (AvgIpc) is 2.66. The van der Waals surface area contributed by atoms with Gasteiger partial charge in [0, 0.05) is 13.1 Å². The zero-order chi connectivity index (χ0) is 19.8. The molecule has 0 aliphatic rings. The van der Waals surface area contributed by atoms with Gasteiger partial charge < -0.3 is 10.2 Å². The van der Waals surface area contributed by atoms with Crippen molar-refractivity contribution in [2.75, 3.05) is 6.54 Å². The molecule has 2 aromatic rings. The number of aryl methyl sites for hydroxylation is 1. The van der Waals surface area contributed by atoms with Crippen LogP contribution in [0.3, 0.4) is 0 Å². The fraction of sp³-hybridized carbons (Fsp3) is 0.391. The van der Waals surface area contributed by atoms with E-state index < -0.39 is 6.04 Å². The second-order valence-electron chi connectivity index (χ2n) is 7.48. The summed E-state index contributed by atoms with van der Waals surface area (Å²) in [7, 11) is 0. The average molecular weight is 367 g/mol. The van der Waals surface area contributed by atoms with E-state index >= 15 is 0 Å². The molecular formula is C23H30N2O2. The Hall–Kier alpha value is -2.62. The van der Waals surface area contributed by atoms with Crippen LogP contribution in [0, 0.1) is 12.8 Å². The highest BCUT2D eigenvalue weighted by Gasteiger charge is 2.26. The van der Waals surface area contributed by atoms with Crippen LogP contribution in [-0.4, -0.2) is 29.3 Å². The number of rotatable bonds is 8. The van der Waals surface area contributed by atoms with E-state index in [1.165, 1.54) is 0 Å². The summed E-state index contributed by atoms with van der Waals surface area (Å²) in [6, 6.07) is 17.2. The van der Waals surface area contributed by atoms with E-state index in [0.29, 0.717) is 19.0 Å². The molecule has 0 radical (unpaired) electrons. The molecule has 0 saturated heterocycles. The number of nitrogens with zero attached hydrogens (tertiary/aromatic N) is 1. The van der Waals surface area contributed by atoms with Crippen molar-refractivity contribution < 1.29 is 9.59 Å². The molecule has 0 spiro atoms. The highest BCUT2D eigenvalue weighted by atomic mass is 16.2. The SMILES string of the molecule is Cc1ccc(CC(=O)N(Cc2ccccc2)[C@H](C)C(=O)NCC(C)C)cc1. The van der Waals surface area contributed by atoms with Crippen LogP contribution < -0.4 is 5.32 Å². The lowest BCUT2D eigenvalue weighted by Crippen LogP contribution is -2.48. The van der Waals surface area contributed by atoms with Gasteiger partial charge in [0.25, 0.3) is 0 Å². The number of benzene rings is 2. The Morgan fingerprint density at radius 2 is 1.56 bits per heavy atom. The zero-order valence-electron chi connectivity index (χ0n) is 16.7. The normalized spacial score (nSPS) is 11.9. The lowest BCUT2D eigenvalue weighted by atomic mass is 10.1. The van der Waals surface area contributed by atoms with Gasteiger partial charge in [0.1, 0.15) is 6.04 Å². The number of amides is 2. The van der Waals surface area contributed by atoms with Crippen molar-refractivity contribution in [2.24, 2.45) is 5.92 Å². The van der Waals surface area contributed by atoms with Gasteiger partial charge in [-0.3, -0.25) is 9.59 Å². The minimum Gasteiger partial charge on any atom is -0.354 e. The third-order valence-corrected chi connectivity index (χ3v) is 4.52. The summed E-state index contributed by atoms with van der Waals surface area (Å²) < 4.78 is 0. The topological polar surface area (TPSA) is 49.4 Å². The molecule has 0 aliphatic heterocycles. The fourth-order valence-electron chi connectivity index (χ4n) is 2.80. The maximum atomic E-state index is 13.0. The van der Waals surface area contributed by atoms with E-state index in [9.17, 15) is 9.59 Å². The first-order valence-electron chi connectivity index (χ1n) is 9.53. The molecule has 1 N–H and O–H groups in total. The predicted molar refractivity (Wildman–Crippen MR) is 109 cm³/mol. The van der Waals surface area contributed by atoms with E-state index in [1.54, 1.807) is 11.8 Å². The van der Waals surface area contributed by atoms with Gasteiger partial charge >= 0.3 is 0 Å².